The molecule has 3 rings (SSSR count). The predicted molar refractivity (Wildman–Crippen MR) is 120 cm³/mol. The number of aliphatic imine (C=N–C) groups is 1. The van der Waals surface area contributed by atoms with E-state index in [9.17, 15) is 4.79 Å². The van der Waals surface area contributed by atoms with Crippen molar-refractivity contribution in [2.75, 3.05) is 45.2 Å². The fraction of sp³-hybridized carbons (Fsp3) is 0.476. The van der Waals surface area contributed by atoms with E-state index >= 15 is 0 Å². The summed E-state index contributed by atoms with van der Waals surface area (Å²) in [5.74, 6) is 1.74. The van der Waals surface area contributed by atoms with Crippen LogP contribution >= 0.6 is 11.3 Å². The SMILES string of the molecule is CN(C)C(=O)CN=C(NCCc1cccs1)NC1CCN(c2ccccn2)CC1. The summed E-state index contributed by atoms with van der Waals surface area (Å²) in [6, 6.07) is 10.6. The van der Waals surface area contributed by atoms with Crippen molar-refractivity contribution in [1.82, 2.24) is 20.5 Å². The molecular weight excluding hydrogens is 384 g/mol. The van der Waals surface area contributed by atoms with Gasteiger partial charge in [0.05, 0.1) is 0 Å². The van der Waals surface area contributed by atoms with Crippen LogP contribution in [0, 0.1) is 0 Å². The van der Waals surface area contributed by atoms with E-state index in [-0.39, 0.29) is 12.5 Å². The first-order valence-corrected chi connectivity index (χ1v) is 10.9. The largest absolute Gasteiger partial charge is 0.356 e. The topological polar surface area (TPSA) is 72.9 Å². The summed E-state index contributed by atoms with van der Waals surface area (Å²) >= 11 is 1.76. The van der Waals surface area contributed by atoms with Crippen LogP contribution in [0.4, 0.5) is 5.82 Å². The molecule has 29 heavy (non-hydrogen) atoms. The molecule has 3 heterocycles. The molecule has 156 valence electrons. The molecule has 0 aliphatic carbocycles. The van der Waals surface area contributed by atoms with E-state index in [0.29, 0.717) is 12.0 Å². The second-order valence-electron chi connectivity index (χ2n) is 7.30. The Morgan fingerprint density at radius 1 is 1.28 bits per heavy atom. The first-order chi connectivity index (χ1) is 14.1. The van der Waals surface area contributed by atoms with Crippen molar-refractivity contribution >= 4 is 29.0 Å². The summed E-state index contributed by atoms with van der Waals surface area (Å²) in [5, 5.41) is 9.01. The molecule has 1 fully saturated rings. The molecule has 0 saturated carbocycles. The molecule has 7 nitrogen and oxygen atoms in total. The number of aromatic nitrogens is 1. The number of amides is 1. The number of hydrogen-bond donors (Lipinski definition) is 2. The average Bonchev–Trinajstić information content (AvgIpc) is 3.26. The Bertz CT molecular complexity index is 770. The van der Waals surface area contributed by atoms with E-state index in [1.165, 1.54) is 4.88 Å². The maximum atomic E-state index is 12.0. The van der Waals surface area contributed by atoms with Crippen LogP contribution in [0.25, 0.3) is 0 Å². The average molecular weight is 415 g/mol. The van der Waals surface area contributed by atoms with Crippen LogP contribution in [-0.2, 0) is 11.2 Å². The van der Waals surface area contributed by atoms with Gasteiger partial charge < -0.3 is 20.4 Å². The number of nitrogens with one attached hydrogen (secondary N) is 2. The maximum Gasteiger partial charge on any atom is 0.243 e. The number of piperidine rings is 1. The van der Waals surface area contributed by atoms with Crippen LogP contribution < -0.4 is 15.5 Å². The van der Waals surface area contributed by atoms with Gasteiger partial charge in [-0.05, 0) is 42.8 Å². The molecule has 1 amide bonds. The Kier molecular flexibility index (Phi) is 7.86. The monoisotopic (exact) mass is 414 g/mol. The van der Waals surface area contributed by atoms with Crippen LogP contribution in [0.5, 0.6) is 0 Å². The quantitative estimate of drug-likeness (QED) is 0.535. The minimum absolute atomic E-state index is 0.00525. The lowest BCUT2D eigenvalue weighted by atomic mass is 10.1. The van der Waals surface area contributed by atoms with Gasteiger partial charge in [-0.15, -0.1) is 11.3 Å². The molecule has 8 heteroatoms. The molecule has 0 atom stereocenters. The van der Waals surface area contributed by atoms with Gasteiger partial charge in [-0.25, -0.2) is 9.98 Å². The Morgan fingerprint density at radius 3 is 2.76 bits per heavy atom. The number of likely N-dealkylation sites (N-methyl/N-ethyl adjacent to an activating group) is 1. The molecule has 0 aromatic carbocycles. The molecule has 0 spiro atoms. The number of carbonyl (C=O) groups is 1. The lowest BCUT2D eigenvalue weighted by Gasteiger charge is -2.33. The number of hydrogen-bond acceptors (Lipinski definition) is 5. The zero-order chi connectivity index (χ0) is 20.5. The molecule has 0 radical (unpaired) electrons. The summed E-state index contributed by atoms with van der Waals surface area (Å²) in [6.45, 7) is 2.84. The third-order valence-electron chi connectivity index (χ3n) is 4.92. The summed E-state index contributed by atoms with van der Waals surface area (Å²) in [6.07, 6.45) is 4.79. The number of carbonyl (C=O) groups excluding carboxylic acids is 1. The van der Waals surface area contributed by atoms with Crippen LogP contribution in [0.3, 0.4) is 0 Å². The number of pyridine rings is 1. The zero-order valence-electron chi connectivity index (χ0n) is 17.2. The first kappa shape index (κ1) is 21.1. The molecule has 1 saturated heterocycles. The minimum atomic E-state index is -0.00525. The van der Waals surface area contributed by atoms with Crippen molar-refractivity contribution in [1.29, 1.82) is 0 Å². The fourth-order valence-electron chi connectivity index (χ4n) is 3.19. The summed E-state index contributed by atoms with van der Waals surface area (Å²) in [4.78, 5) is 26.1. The lowest BCUT2D eigenvalue weighted by Crippen LogP contribution is -2.49. The highest BCUT2D eigenvalue weighted by Gasteiger charge is 2.21. The standard InChI is InChI=1S/C21H30N6OS/c1-26(2)20(28)16-24-21(23-12-8-18-6-5-15-29-18)25-17-9-13-27(14-10-17)19-7-3-4-11-22-19/h3-7,11,15,17H,8-10,12-14,16H2,1-2H3,(H2,23,24,25). The van der Waals surface area contributed by atoms with E-state index in [0.717, 1.165) is 44.7 Å². The smallest absolute Gasteiger partial charge is 0.243 e. The van der Waals surface area contributed by atoms with E-state index in [2.05, 4.69) is 49.1 Å². The highest BCUT2D eigenvalue weighted by Crippen LogP contribution is 2.17. The molecule has 2 aromatic heterocycles. The second-order valence-corrected chi connectivity index (χ2v) is 8.33. The third-order valence-corrected chi connectivity index (χ3v) is 5.86. The van der Waals surface area contributed by atoms with E-state index in [4.69, 9.17) is 0 Å². The van der Waals surface area contributed by atoms with Crippen molar-refractivity contribution in [3.05, 3.63) is 46.8 Å². The van der Waals surface area contributed by atoms with Crippen LogP contribution in [-0.4, -0.2) is 68.1 Å². The van der Waals surface area contributed by atoms with Gasteiger partial charge in [0, 0.05) is 50.8 Å². The molecular formula is C21H30N6OS. The van der Waals surface area contributed by atoms with Crippen molar-refractivity contribution in [3.63, 3.8) is 0 Å². The van der Waals surface area contributed by atoms with Crippen molar-refractivity contribution in [2.45, 2.75) is 25.3 Å². The minimum Gasteiger partial charge on any atom is -0.356 e. The summed E-state index contributed by atoms with van der Waals surface area (Å²) in [7, 11) is 3.50. The van der Waals surface area contributed by atoms with Gasteiger partial charge in [0.15, 0.2) is 5.96 Å². The van der Waals surface area contributed by atoms with E-state index < -0.39 is 0 Å². The lowest BCUT2D eigenvalue weighted by molar-refractivity contribution is -0.127. The van der Waals surface area contributed by atoms with Gasteiger partial charge in [-0.1, -0.05) is 12.1 Å². The Labute approximate surface area is 176 Å². The number of anilines is 1. The Hall–Kier alpha value is -2.61. The van der Waals surface area contributed by atoms with Gasteiger partial charge in [0.1, 0.15) is 12.4 Å². The Morgan fingerprint density at radius 2 is 2.10 bits per heavy atom. The van der Waals surface area contributed by atoms with Crippen molar-refractivity contribution in [3.8, 4) is 0 Å². The highest BCUT2D eigenvalue weighted by molar-refractivity contribution is 7.09. The molecule has 0 bridgehead atoms. The van der Waals surface area contributed by atoms with Gasteiger partial charge >= 0.3 is 0 Å². The van der Waals surface area contributed by atoms with E-state index in [1.807, 2.05) is 18.3 Å². The highest BCUT2D eigenvalue weighted by atomic mass is 32.1. The molecule has 1 aliphatic rings. The molecule has 2 N–H and O–H groups in total. The van der Waals surface area contributed by atoms with Crippen LogP contribution in [0.15, 0.2) is 46.9 Å². The van der Waals surface area contributed by atoms with Crippen molar-refractivity contribution in [2.24, 2.45) is 4.99 Å². The first-order valence-electron chi connectivity index (χ1n) is 10.0. The van der Waals surface area contributed by atoms with E-state index in [1.54, 1.807) is 30.3 Å². The molecule has 2 aromatic rings. The predicted octanol–water partition coefficient (Wildman–Crippen LogP) is 1.98. The van der Waals surface area contributed by atoms with Gasteiger partial charge in [-0.2, -0.15) is 0 Å². The Balaban J connectivity index is 1.52. The second kappa shape index (κ2) is 10.8. The van der Waals surface area contributed by atoms with Gasteiger partial charge in [0.2, 0.25) is 5.91 Å². The zero-order valence-corrected chi connectivity index (χ0v) is 18.0. The third kappa shape index (κ3) is 6.74. The van der Waals surface area contributed by atoms with Gasteiger partial charge in [-0.3, -0.25) is 4.79 Å². The normalized spacial score (nSPS) is 15.2. The van der Waals surface area contributed by atoms with Gasteiger partial charge in [0.25, 0.3) is 0 Å². The number of guanidine groups is 1. The number of thiophene rings is 1. The van der Waals surface area contributed by atoms with Crippen LogP contribution in [0.2, 0.25) is 0 Å². The molecule has 1 aliphatic heterocycles. The molecule has 0 unspecified atom stereocenters. The van der Waals surface area contributed by atoms with Crippen LogP contribution in [0.1, 0.15) is 17.7 Å². The number of rotatable bonds is 7. The summed E-state index contributed by atoms with van der Waals surface area (Å²) < 4.78 is 0. The summed E-state index contributed by atoms with van der Waals surface area (Å²) in [5.41, 5.74) is 0. The fourth-order valence-corrected chi connectivity index (χ4v) is 3.90. The van der Waals surface area contributed by atoms with Crippen molar-refractivity contribution < 1.29 is 4.79 Å². The number of nitrogens with zero attached hydrogens (tertiary/aromatic N) is 4. The maximum absolute atomic E-state index is 12.0.